The maximum atomic E-state index is 11.6. The van der Waals surface area contributed by atoms with E-state index in [9.17, 15) is 4.21 Å². The van der Waals surface area contributed by atoms with E-state index in [0.717, 1.165) is 16.0 Å². The van der Waals surface area contributed by atoms with Crippen LogP contribution in [0, 0.1) is 20.8 Å². The van der Waals surface area contributed by atoms with E-state index < -0.39 is 10.8 Å². The summed E-state index contributed by atoms with van der Waals surface area (Å²) in [5.74, 6) is 0. The highest BCUT2D eigenvalue weighted by Crippen LogP contribution is 2.20. The summed E-state index contributed by atoms with van der Waals surface area (Å²) in [4.78, 5) is 0.903. The maximum Gasteiger partial charge on any atom is 0.0775 e. The Kier molecular flexibility index (Phi) is 3.04. The van der Waals surface area contributed by atoms with Crippen molar-refractivity contribution in [3.05, 3.63) is 40.8 Å². The average molecular weight is 194 g/mol. The molecule has 0 aliphatic heterocycles. The van der Waals surface area contributed by atoms with Crippen LogP contribution in [-0.2, 0) is 10.8 Å². The molecule has 0 aliphatic carbocycles. The molecule has 0 fully saturated rings. The van der Waals surface area contributed by atoms with Crippen LogP contribution in [0.3, 0.4) is 0 Å². The van der Waals surface area contributed by atoms with Crippen molar-refractivity contribution in [3.8, 4) is 0 Å². The fourth-order valence-corrected chi connectivity index (χ4v) is 2.49. The Balaban J connectivity index is 3.36. The molecule has 2 heteroatoms. The Morgan fingerprint density at radius 2 is 1.69 bits per heavy atom. The predicted octanol–water partition coefficient (Wildman–Crippen LogP) is 2.86. The van der Waals surface area contributed by atoms with Gasteiger partial charge in [0, 0.05) is 10.3 Å². The molecule has 70 valence electrons. The van der Waals surface area contributed by atoms with Crippen molar-refractivity contribution in [2.75, 3.05) is 0 Å². The molecule has 0 amide bonds. The van der Waals surface area contributed by atoms with Gasteiger partial charge in [-0.1, -0.05) is 24.3 Å². The minimum Gasteiger partial charge on any atom is -0.250 e. The highest BCUT2D eigenvalue weighted by atomic mass is 32.2. The van der Waals surface area contributed by atoms with Gasteiger partial charge in [-0.2, -0.15) is 0 Å². The van der Waals surface area contributed by atoms with Gasteiger partial charge in [0.2, 0.25) is 0 Å². The van der Waals surface area contributed by atoms with Gasteiger partial charge in [-0.3, -0.25) is 0 Å². The second kappa shape index (κ2) is 3.88. The van der Waals surface area contributed by atoms with Crippen molar-refractivity contribution in [1.29, 1.82) is 0 Å². The highest BCUT2D eigenvalue weighted by Gasteiger charge is 2.07. The maximum absolute atomic E-state index is 11.6. The Bertz CT molecular complexity index is 343. The highest BCUT2D eigenvalue weighted by molar-refractivity contribution is 7.88. The minimum atomic E-state index is -1.06. The van der Waals surface area contributed by atoms with E-state index >= 15 is 0 Å². The molecule has 1 aromatic carbocycles. The van der Waals surface area contributed by atoms with E-state index in [-0.39, 0.29) is 0 Å². The first kappa shape index (κ1) is 10.2. The third-order valence-corrected chi connectivity index (χ3v) is 3.31. The molecule has 1 atom stereocenters. The summed E-state index contributed by atoms with van der Waals surface area (Å²) in [5, 5.41) is 1.48. The lowest BCUT2D eigenvalue weighted by molar-refractivity contribution is 0.687. The topological polar surface area (TPSA) is 17.1 Å². The van der Waals surface area contributed by atoms with E-state index in [0.29, 0.717) is 0 Å². The fraction of sp³-hybridized carbons (Fsp3) is 0.273. The summed E-state index contributed by atoms with van der Waals surface area (Å²) in [6.45, 7) is 9.55. The molecular formula is C11H14OS. The van der Waals surface area contributed by atoms with Crippen molar-refractivity contribution in [2.24, 2.45) is 0 Å². The molecule has 0 aromatic heterocycles. The van der Waals surface area contributed by atoms with Crippen LogP contribution in [0.25, 0.3) is 0 Å². The van der Waals surface area contributed by atoms with Gasteiger partial charge in [-0.15, -0.1) is 0 Å². The van der Waals surface area contributed by atoms with Gasteiger partial charge in [0.1, 0.15) is 0 Å². The van der Waals surface area contributed by atoms with Gasteiger partial charge in [0.25, 0.3) is 0 Å². The smallest absolute Gasteiger partial charge is 0.0775 e. The van der Waals surface area contributed by atoms with Gasteiger partial charge in [-0.05, 0) is 31.9 Å². The Morgan fingerprint density at radius 1 is 1.23 bits per heavy atom. The van der Waals surface area contributed by atoms with Crippen LogP contribution < -0.4 is 0 Å². The number of rotatable bonds is 2. The van der Waals surface area contributed by atoms with Crippen LogP contribution in [-0.4, -0.2) is 4.21 Å². The van der Waals surface area contributed by atoms with Crippen LogP contribution in [0.2, 0.25) is 0 Å². The molecule has 0 heterocycles. The van der Waals surface area contributed by atoms with Gasteiger partial charge in [-0.25, -0.2) is 4.21 Å². The minimum absolute atomic E-state index is 0.903. The first-order valence-electron chi connectivity index (χ1n) is 4.17. The second-order valence-electron chi connectivity index (χ2n) is 3.19. The first-order valence-corrected chi connectivity index (χ1v) is 5.38. The van der Waals surface area contributed by atoms with Crippen molar-refractivity contribution in [3.63, 3.8) is 0 Å². The monoisotopic (exact) mass is 194 g/mol. The Hall–Kier alpha value is -0.890. The van der Waals surface area contributed by atoms with Crippen LogP contribution in [0.15, 0.2) is 29.0 Å². The Morgan fingerprint density at radius 3 is 2.08 bits per heavy atom. The molecule has 0 radical (unpaired) electrons. The van der Waals surface area contributed by atoms with Gasteiger partial charge >= 0.3 is 0 Å². The molecular weight excluding hydrogens is 180 g/mol. The molecule has 1 rings (SSSR count). The zero-order valence-electron chi connectivity index (χ0n) is 8.26. The number of benzene rings is 1. The SMILES string of the molecule is C=CS(=O)c1c(C)cc(C)cc1C. The molecule has 1 nitrogen and oxygen atoms in total. The van der Waals surface area contributed by atoms with E-state index in [2.05, 4.69) is 6.58 Å². The van der Waals surface area contributed by atoms with Crippen LogP contribution >= 0.6 is 0 Å². The van der Waals surface area contributed by atoms with Crippen molar-refractivity contribution in [1.82, 2.24) is 0 Å². The van der Waals surface area contributed by atoms with Crippen LogP contribution in [0.4, 0.5) is 0 Å². The molecule has 1 unspecified atom stereocenters. The molecule has 0 saturated heterocycles. The number of hydrogen-bond acceptors (Lipinski definition) is 1. The molecule has 0 spiro atoms. The summed E-state index contributed by atoms with van der Waals surface area (Å²) < 4.78 is 11.6. The normalized spacial score (nSPS) is 12.5. The second-order valence-corrected chi connectivity index (χ2v) is 4.53. The molecule has 0 aliphatic rings. The summed E-state index contributed by atoms with van der Waals surface area (Å²) in [5.41, 5.74) is 3.37. The summed E-state index contributed by atoms with van der Waals surface area (Å²) >= 11 is 0. The van der Waals surface area contributed by atoms with E-state index in [1.807, 2.05) is 32.9 Å². The molecule has 13 heavy (non-hydrogen) atoms. The van der Waals surface area contributed by atoms with Crippen molar-refractivity contribution in [2.45, 2.75) is 25.7 Å². The lowest BCUT2D eigenvalue weighted by Gasteiger charge is -2.07. The Labute approximate surface area is 81.9 Å². The lowest BCUT2D eigenvalue weighted by Crippen LogP contribution is -1.95. The van der Waals surface area contributed by atoms with Crippen molar-refractivity contribution < 1.29 is 4.21 Å². The van der Waals surface area contributed by atoms with Gasteiger partial charge < -0.3 is 0 Å². The molecule has 1 aromatic rings. The zero-order valence-corrected chi connectivity index (χ0v) is 9.07. The van der Waals surface area contributed by atoms with Crippen molar-refractivity contribution >= 4 is 10.8 Å². The first-order chi connectivity index (χ1) is 6.06. The third-order valence-electron chi connectivity index (χ3n) is 1.96. The molecule has 0 saturated carbocycles. The van der Waals surface area contributed by atoms with E-state index in [1.165, 1.54) is 11.0 Å². The molecule has 0 bridgehead atoms. The predicted molar refractivity (Wildman–Crippen MR) is 57.3 cm³/mol. The summed E-state index contributed by atoms with van der Waals surface area (Å²) in [6, 6.07) is 4.09. The largest absolute Gasteiger partial charge is 0.250 e. The zero-order chi connectivity index (χ0) is 10.0. The summed E-state index contributed by atoms with van der Waals surface area (Å²) in [6.07, 6.45) is 0. The van der Waals surface area contributed by atoms with Gasteiger partial charge in [0.15, 0.2) is 0 Å². The number of hydrogen-bond donors (Lipinski definition) is 0. The quantitative estimate of drug-likeness (QED) is 0.707. The third kappa shape index (κ3) is 2.07. The lowest BCUT2D eigenvalue weighted by atomic mass is 10.1. The molecule has 0 N–H and O–H groups in total. The van der Waals surface area contributed by atoms with E-state index in [4.69, 9.17) is 0 Å². The van der Waals surface area contributed by atoms with Crippen LogP contribution in [0.5, 0.6) is 0 Å². The van der Waals surface area contributed by atoms with Crippen LogP contribution in [0.1, 0.15) is 16.7 Å². The number of aryl methyl sites for hydroxylation is 3. The van der Waals surface area contributed by atoms with Gasteiger partial charge in [0.05, 0.1) is 10.8 Å². The standard InChI is InChI=1S/C11H14OS/c1-5-13(12)11-9(3)6-8(2)7-10(11)4/h5-7H,1H2,2-4H3. The van der Waals surface area contributed by atoms with E-state index in [1.54, 1.807) is 0 Å². The summed E-state index contributed by atoms with van der Waals surface area (Å²) in [7, 11) is -1.06. The fourth-order valence-electron chi connectivity index (χ4n) is 1.57. The average Bonchev–Trinajstić information content (AvgIpc) is 2.02.